The molecule has 2 aromatic heterocycles. The van der Waals surface area contributed by atoms with Gasteiger partial charge >= 0.3 is 0 Å². The third-order valence-corrected chi connectivity index (χ3v) is 4.44. The van der Waals surface area contributed by atoms with Gasteiger partial charge in [0, 0.05) is 29.3 Å². The molecule has 0 atom stereocenters. The Morgan fingerprint density at radius 1 is 1.00 bits per heavy atom. The average Bonchev–Trinajstić information content (AvgIpc) is 2.89. The number of hydrogen-bond acceptors (Lipinski definition) is 3. The van der Waals surface area contributed by atoms with Crippen LogP contribution in [0.1, 0.15) is 5.69 Å². The molecule has 0 aliphatic carbocycles. The van der Waals surface area contributed by atoms with E-state index in [1.807, 2.05) is 35.8 Å². The molecule has 1 aromatic carbocycles. The first-order valence-corrected chi connectivity index (χ1v) is 8.24. The van der Waals surface area contributed by atoms with Crippen molar-refractivity contribution in [1.82, 2.24) is 9.55 Å². The molecule has 3 rings (SSSR count). The first kappa shape index (κ1) is 14.5. The molecule has 0 unspecified atom stereocenters. The van der Waals surface area contributed by atoms with Gasteiger partial charge in [0.1, 0.15) is 0 Å². The highest BCUT2D eigenvalue weighted by Crippen LogP contribution is 2.30. The number of aromatic nitrogens is 2. The highest BCUT2D eigenvalue weighted by molar-refractivity contribution is 7.89. The topological polar surface area (TPSA) is 78.0 Å². The van der Waals surface area contributed by atoms with E-state index < -0.39 is 10.0 Å². The van der Waals surface area contributed by atoms with Crippen molar-refractivity contribution in [2.75, 3.05) is 0 Å². The predicted molar refractivity (Wildman–Crippen MR) is 85.1 cm³/mol. The van der Waals surface area contributed by atoms with Crippen molar-refractivity contribution in [1.29, 1.82) is 0 Å². The van der Waals surface area contributed by atoms with Gasteiger partial charge in [-0.05, 0) is 37.3 Å². The molecule has 0 saturated carbocycles. The van der Waals surface area contributed by atoms with Gasteiger partial charge in [0.05, 0.1) is 10.6 Å². The highest BCUT2D eigenvalue weighted by Gasteiger charge is 2.18. The van der Waals surface area contributed by atoms with E-state index in [1.54, 1.807) is 30.6 Å². The van der Waals surface area contributed by atoms with Crippen LogP contribution in [0, 0.1) is 6.92 Å². The molecule has 0 saturated heterocycles. The molecule has 0 aliphatic rings. The second-order valence-corrected chi connectivity index (χ2v) is 6.47. The first-order valence-electron chi connectivity index (χ1n) is 6.69. The zero-order valence-corrected chi connectivity index (χ0v) is 12.8. The first-order chi connectivity index (χ1) is 10.5. The Balaban J connectivity index is 2.29. The Morgan fingerprint density at radius 3 is 2.36 bits per heavy atom. The summed E-state index contributed by atoms with van der Waals surface area (Å²) in [7, 11) is -3.80. The summed E-state index contributed by atoms with van der Waals surface area (Å²) in [6.45, 7) is 1.96. The molecule has 0 amide bonds. The summed E-state index contributed by atoms with van der Waals surface area (Å²) in [5.41, 5.74) is 3.25. The van der Waals surface area contributed by atoms with Gasteiger partial charge in [-0.2, -0.15) is 0 Å². The van der Waals surface area contributed by atoms with Gasteiger partial charge in [-0.1, -0.05) is 18.2 Å². The Bertz CT molecular complexity index is 916. The zero-order chi connectivity index (χ0) is 15.7. The fourth-order valence-corrected chi connectivity index (χ4v) is 3.26. The highest BCUT2D eigenvalue weighted by atomic mass is 32.2. The third kappa shape index (κ3) is 2.54. The van der Waals surface area contributed by atoms with E-state index in [1.165, 1.54) is 6.07 Å². The van der Waals surface area contributed by atoms with Crippen molar-refractivity contribution < 1.29 is 8.42 Å². The van der Waals surface area contributed by atoms with Gasteiger partial charge in [0.2, 0.25) is 10.0 Å². The Labute approximate surface area is 129 Å². The lowest BCUT2D eigenvalue weighted by molar-refractivity contribution is 0.598. The monoisotopic (exact) mass is 313 g/mol. The molecule has 2 heterocycles. The SMILES string of the molecule is Cc1ccc(-c2ccccc2S(N)(=O)=O)n1-c1ccncc1. The lowest BCUT2D eigenvalue weighted by Crippen LogP contribution is -2.14. The standard InChI is InChI=1S/C16H15N3O2S/c1-12-6-7-15(19(12)13-8-10-18-11-9-13)14-4-2-3-5-16(14)22(17,20)21/h2-11H,1H3,(H2,17,20,21). The molecular formula is C16H15N3O2S. The lowest BCUT2D eigenvalue weighted by Gasteiger charge is -2.14. The Kier molecular flexibility index (Phi) is 3.56. The maximum atomic E-state index is 11.8. The number of aryl methyl sites for hydroxylation is 1. The second kappa shape index (κ2) is 5.40. The van der Waals surface area contributed by atoms with Crippen molar-refractivity contribution in [3.63, 3.8) is 0 Å². The molecule has 22 heavy (non-hydrogen) atoms. The van der Waals surface area contributed by atoms with Crippen molar-refractivity contribution in [3.8, 4) is 16.9 Å². The van der Waals surface area contributed by atoms with E-state index >= 15 is 0 Å². The van der Waals surface area contributed by atoms with Crippen molar-refractivity contribution >= 4 is 10.0 Å². The molecule has 5 nitrogen and oxygen atoms in total. The number of nitrogens with zero attached hydrogens (tertiary/aromatic N) is 2. The smallest absolute Gasteiger partial charge is 0.238 e. The molecule has 0 fully saturated rings. The summed E-state index contributed by atoms with van der Waals surface area (Å²) >= 11 is 0. The summed E-state index contributed by atoms with van der Waals surface area (Å²) in [5.74, 6) is 0. The molecule has 3 aromatic rings. The van der Waals surface area contributed by atoms with E-state index in [2.05, 4.69) is 4.98 Å². The normalized spacial score (nSPS) is 11.5. The largest absolute Gasteiger partial charge is 0.314 e. The fourth-order valence-electron chi connectivity index (χ4n) is 2.51. The van der Waals surface area contributed by atoms with Crippen molar-refractivity contribution in [2.45, 2.75) is 11.8 Å². The van der Waals surface area contributed by atoms with Crippen LogP contribution >= 0.6 is 0 Å². The van der Waals surface area contributed by atoms with E-state index in [0.29, 0.717) is 5.56 Å². The number of hydrogen-bond donors (Lipinski definition) is 1. The summed E-state index contributed by atoms with van der Waals surface area (Å²) in [5, 5.41) is 5.34. The van der Waals surface area contributed by atoms with Crippen molar-refractivity contribution in [3.05, 3.63) is 66.6 Å². The number of sulfonamides is 1. The molecular weight excluding hydrogens is 298 g/mol. The maximum absolute atomic E-state index is 11.8. The lowest BCUT2D eigenvalue weighted by atomic mass is 10.1. The number of primary sulfonamides is 1. The summed E-state index contributed by atoms with van der Waals surface area (Å²) < 4.78 is 25.7. The van der Waals surface area contributed by atoms with Gasteiger partial charge in [0.25, 0.3) is 0 Å². The van der Waals surface area contributed by atoms with Crippen molar-refractivity contribution in [2.24, 2.45) is 5.14 Å². The summed E-state index contributed by atoms with van der Waals surface area (Å²) in [4.78, 5) is 4.13. The van der Waals surface area contributed by atoms with Crippen LogP contribution in [0.25, 0.3) is 16.9 Å². The van der Waals surface area contributed by atoms with Gasteiger partial charge in [-0.15, -0.1) is 0 Å². The molecule has 112 valence electrons. The van der Waals surface area contributed by atoms with Crippen LogP contribution < -0.4 is 5.14 Å². The van der Waals surface area contributed by atoms with Crippen LogP contribution in [0.4, 0.5) is 0 Å². The van der Waals surface area contributed by atoms with Gasteiger partial charge < -0.3 is 4.57 Å². The molecule has 0 aliphatic heterocycles. The Morgan fingerprint density at radius 2 is 1.68 bits per heavy atom. The molecule has 2 N–H and O–H groups in total. The van der Waals surface area contributed by atoms with E-state index in [9.17, 15) is 8.42 Å². The van der Waals surface area contributed by atoms with Crippen LogP contribution in [-0.4, -0.2) is 18.0 Å². The molecule has 0 bridgehead atoms. The van der Waals surface area contributed by atoms with Gasteiger partial charge in [-0.3, -0.25) is 4.98 Å². The molecule has 6 heteroatoms. The van der Waals surface area contributed by atoms with Gasteiger partial charge in [-0.25, -0.2) is 13.6 Å². The van der Waals surface area contributed by atoms with Crippen LogP contribution in [0.5, 0.6) is 0 Å². The zero-order valence-electron chi connectivity index (χ0n) is 12.0. The van der Waals surface area contributed by atoms with E-state index in [4.69, 9.17) is 5.14 Å². The average molecular weight is 313 g/mol. The number of benzene rings is 1. The minimum Gasteiger partial charge on any atom is -0.314 e. The summed E-state index contributed by atoms with van der Waals surface area (Å²) in [6, 6.07) is 14.3. The maximum Gasteiger partial charge on any atom is 0.238 e. The predicted octanol–water partition coefficient (Wildman–Crippen LogP) is 2.50. The minimum absolute atomic E-state index is 0.114. The number of nitrogens with two attached hydrogens (primary N) is 1. The minimum atomic E-state index is -3.80. The third-order valence-electron chi connectivity index (χ3n) is 3.47. The van der Waals surface area contributed by atoms with Crippen LogP contribution in [0.2, 0.25) is 0 Å². The molecule has 0 radical (unpaired) electrons. The fraction of sp³-hybridized carbons (Fsp3) is 0.0625. The van der Waals surface area contributed by atoms with Crippen LogP contribution in [0.15, 0.2) is 65.8 Å². The van der Waals surface area contributed by atoms with E-state index in [0.717, 1.165) is 17.1 Å². The summed E-state index contributed by atoms with van der Waals surface area (Å²) in [6.07, 6.45) is 3.40. The quantitative estimate of drug-likeness (QED) is 0.807. The number of pyridine rings is 1. The van der Waals surface area contributed by atoms with E-state index in [-0.39, 0.29) is 4.90 Å². The van der Waals surface area contributed by atoms with Gasteiger partial charge in [0.15, 0.2) is 0 Å². The van der Waals surface area contributed by atoms with Crippen LogP contribution in [0.3, 0.4) is 0 Å². The molecule has 0 spiro atoms. The number of rotatable bonds is 3. The van der Waals surface area contributed by atoms with Crippen LogP contribution in [-0.2, 0) is 10.0 Å². The Hall–Kier alpha value is -2.44. The second-order valence-electron chi connectivity index (χ2n) is 4.94.